The molecule has 4 nitrogen and oxygen atoms in total. The number of rotatable bonds is 8. The number of aldehydes is 1. The third-order valence-electron chi connectivity index (χ3n) is 5.19. The van der Waals surface area contributed by atoms with Gasteiger partial charge in [-0.3, -0.25) is 0 Å². The number of hydrogen-bond donors (Lipinski definition) is 0. The highest BCUT2D eigenvalue weighted by atomic mass is 16.5. The van der Waals surface area contributed by atoms with Crippen LogP contribution >= 0.6 is 0 Å². The molecule has 0 fully saturated rings. The molecule has 0 aliphatic carbocycles. The Balaban J connectivity index is 1.42. The number of carbonyl (C=O) groups excluding carboxylic acids is 1. The fourth-order valence-electron chi connectivity index (χ4n) is 3.62. The van der Waals surface area contributed by atoms with Gasteiger partial charge in [-0.2, -0.15) is 0 Å². The van der Waals surface area contributed by atoms with Crippen molar-refractivity contribution in [3.63, 3.8) is 0 Å². The third-order valence-corrected chi connectivity index (χ3v) is 5.19. The molecule has 0 aliphatic rings. The SMILES string of the molecule is CC#C[C@@H](CC=O)c1ccc(OCc2cnc3c(ccn3Cc3ccccc3)c2)cc1. The second kappa shape index (κ2) is 9.77. The van der Waals surface area contributed by atoms with E-state index < -0.39 is 0 Å². The second-order valence-corrected chi connectivity index (χ2v) is 7.39. The molecule has 154 valence electrons. The molecular weight excluding hydrogens is 384 g/mol. The summed E-state index contributed by atoms with van der Waals surface area (Å²) in [7, 11) is 0. The molecule has 0 bridgehead atoms. The molecule has 2 aromatic heterocycles. The summed E-state index contributed by atoms with van der Waals surface area (Å²) in [5.74, 6) is 6.68. The van der Waals surface area contributed by atoms with Gasteiger partial charge in [0.25, 0.3) is 0 Å². The average molecular weight is 409 g/mol. The van der Waals surface area contributed by atoms with E-state index in [2.05, 4.69) is 64.0 Å². The van der Waals surface area contributed by atoms with Crippen molar-refractivity contribution in [3.05, 3.63) is 95.8 Å². The Hall–Kier alpha value is -3.84. The number of ether oxygens (including phenoxy) is 1. The van der Waals surface area contributed by atoms with Gasteiger partial charge in [-0.15, -0.1) is 5.92 Å². The standard InChI is InChI=1S/C27H24N2O2/c1-2-6-23(14-16-30)24-9-11-26(12-10-24)31-20-22-17-25-13-15-29(27(25)28-18-22)19-21-7-4-3-5-8-21/h3-5,7-13,15-18,23H,14,19-20H2,1H3/t23-/m0/s1. The van der Waals surface area contributed by atoms with E-state index in [1.165, 1.54) is 5.56 Å². The van der Waals surface area contributed by atoms with E-state index in [0.29, 0.717) is 13.0 Å². The number of pyridine rings is 1. The van der Waals surface area contributed by atoms with Gasteiger partial charge in [0.15, 0.2) is 0 Å². The molecular formula is C27H24N2O2. The molecule has 0 aliphatic heterocycles. The minimum atomic E-state index is -0.0666. The van der Waals surface area contributed by atoms with Crippen LogP contribution in [0.15, 0.2) is 79.1 Å². The number of carbonyl (C=O) groups is 1. The van der Waals surface area contributed by atoms with Crippen molar-refractivity contribution in [2.75, 3.05) is 0 Å². The first-order valence-corrected chi connectivity index (χ1v) is 10.3. The Morgan fingerprint density at radius 3 is 2.61 bits per heavy atom. The van der Waals surface area contributed by atoms with Gasteiger partial charge in [-0.25, -0.2) is 4.98 Å². The van der Waals surface area contributed by atoms with E-state index in [1.807, 2.05) is 36.5 Å². The largest absolute Gasteiger partial charge is 0.489 e. The number of fused-ring (bicyclic) bond motifs is 1. The van der Waals surface area contributed by atoms with Crippen LogP contribution < -0.4 is 4.74 Å². The van der Waals surface area contributed by atoms with E-state index >= 15 is 0 Å². The summed E-state index contributed by atoms with van der Waals surface area (Å²) in [6.45, 7) is 3.03. The zero-order valence-electron chi connectivity index (χ0n) is 17.5. The molecule has 4 rings (SSSR count). The molecule has 4 aromatic rings. The van der Waals surface area contributed by atoms with E-state index in [9.17, 15) is 4.79 Å². The lowest BCUT2D eigenvalue weighted by atomic mass is 9.97. The van der Waals surface area contributed by atoms with Crippen LogP contribution in [-0.2, 0) is 17.9 Å². The fraction of sp³-hybridized carbons (Fsp3) is 0.185. The molecule has 0 spiro atoms. The van der Waals surface area contributed by atoms with Crippen molar-refractivity contribution in [1.82, 2.24) is 9.55 Å². The van der Waals surface area contributed by atoms with Crippen LogP contribution in [0.25, 0.3) is 11.0 Å². The first-order valence-electron chi connectivity index (χ1n) is 10.3. The zero-order chi connectivity index (χ0) is 21.5. The van der Waals surface area contributed by atoms with Crippen LogP contribution in [0.3, 0.4) is 0 Å². The Kier molecular flexibility index (Phi) is 6.44. The maximum atomic E-state index is 10.9. The molecule has 0 amide bonds. The highest BCUT2D eigenvalue weighted by Gasteiger charge is 2.09. The van der Waals surface area contributed by atoms with Crippen LogP contribution in [-0.4, -0.2) is 15.8 Å². The van der Waals surface area contributed by atoms with Crippen molar-refractivity contribution in [2.24, 2.45) is 0 Å². The quantitative estimate of drug-likeness (QED) is 0.291. The lowest BCUT2D eigenvalue weighted by Gasteiger charge is -2.10. The lowest BCUT2D eigenvalue weighted by molar-refractivity contribution is -0.107. The molecule has 0 N–H and O–H groups in total. The Morgan fingerprint density at radius 1 is 1.06 bits per heavy atom. The lowest BCUT2D eigenvalue weighted by Crippen LogP contribution is -2.01. The van der Waals surface area contributed by atoms with Gasteiger partial charge in [0.2, 0.25) is 0 Å². The number of nitrogens with zero attached hydrogens (tertiary/aromatic N) is 2. The molecule has 0 radical (unpaired) electrons. The molecule has 0 unspecified atom stereocenters. The van der Waals surface area contributed by atoms with E-state index in [0.717, 1.165) is 40.7 Å². The van der Waals surface area contributed by atoms with Crippen molar-refractivity contribution in [3.8, 4) is 17.6 Å². The molecule has 2 aromatic carbocycles. The molecule has 31 heavy (non-hydrogen) atoms. The number of hydrogen-bond acceptors (Lipinski definition) is 3. The minimum absolute atomic E-state index is 0.0666. The normalized spacial score (nSPS) is 11.5. The Morgan fingerprint density at radius 2 is 1.87 bits per heavy atom. The maximum Gasteiger partial charge on any atom is 0.140 e. The minimum Gasteiger partial charge on any atom is -0.489 e. The average Bonchev–Trinajstić information content (AvgIpc) is 3.20. The number of aromatic nitrogens is 2. The van der Waals surface area contributed by atoms with E-state index in [-0.39, 0.29) is 5.92 Å². The second-order valence-electron chi connectivity index (χ2n) is 7.39. The zero-order valence-corrected chi connectivity index (χ0v) is 17.5. The molecule has 0 saturated heterocycles. The monoisotopic (exact) mass is 408 g/mol. The summed E-state index contributed by atoms with van der Waals surface area (Å²) in [5.41, 5.74) is 4.26. The topological polar surface area (TPSA) is 44.1 Å². The van der Waals surface area contributed by atoms with Gasteiger partial charge in [-0.05, 0) is 42.3 Å². The summed E-state index contributed by atoms with van der Waals surface area (Å²) < 4.78 is 8.10. The van der Waals surface area contributed by atoms with Crippen LogP contribution in [0.5, 0.6) is 5.75 Å². The van der Waals surface area contributed by atoms with Gasteiger partial charge >= 0.3 is 0 Å². The third kappa shape index (κ3) is 5.02. The van der Waals surface area contributed by atoms with E-state index in [4.69, 9.17) is 4.74 Å². The first-order chi connectivity index (χ1) is 15.3. The van der Waals surface area contributed by atoms with Crippen molar-refractivity contribution in [1.29, 1.82) is 0 Å². The smallest absolute Gasteiger partial charge is 0.140 e. The highest BCUT2D eigenvalue weighted by molar-refractivity contribution is 5.76. The summed E-state index contributed by atoms with van der Waals surface area (Å²) in [6.07, 6.45) is 5.25. The predicted octanol–water partition coefficient (Wildman–Crippen LogP) is 5.36. The molecule has 0 saturated carbocycles. The number of benzene rings is 2. The van der Waals surface area contributed by atoms with Crippen molar-refractivity contribution in [2.45, 2.75) is 32.4 Å². The molecule has 4 heteroatoms. The van der Waals surface area contributed by atoms with Gasteiger partial charge < -0.3 is 14.1 Å². The van der Waals surface area contributed by atoms with Crippen LogP contribution in [0.1, 0.15) is 36.0 Å². The first kappa shape index (κ1) is 20.4. The van der Waals surface area contributed by atoms with Crippen molar-refractivity contribution >= 4 is 17.3 Å². The van der Waals surface area contributed by atoms with E-state index in [1.54, 1.807) is 6.92 Å². The summed E-state index contributed by atoms with van der Waals surface area (Å²) in [6, 6.07) is 22.4. The van der Waals surface area contributed by atoms with Gasteiger partial charge in [0.1, 0.15) is 24.3 Å². The predicted molar refractivity (Wildman–Crippen MR) is 123 cm³/mol. The van der Waals surface area contributed by atoms with Gasteiger partial charge in [-0.1, -0.05) is 48.4 Å². The molecule has 2 heterocycles. The Labute approximate surface area is 182 Å². The van der Waals surface area contributed by atoms with Crippen LogP contribution in [0.4, 0.5) is 0 Å². The maximum absolute atomic E-state index is 10.9. The molecule has 1 atom stereocenters. The van der Waals surface area contributed by atoms with Gasteiger partial charge in [0.05, 0.1) is 5.92 Å². The van der Waals surface area contributed by atoms with Crippen molar-refractivity contribution < 1.29 is 9.53 Å². The fourth-order valence-corrected chi connectivity index (χ4v) is 3.62. The van der Waals surface area contributed by atoms with Gasteiger partial charge in [0, 0.05) is 36.3 Å². The summed E-state index contributed by atoms with van der Waals surface area (Å²) in [5, 5.41) is 1.10. The van der Waals surface area contributed by atoms with Crippen LogP contribution in [0, 0.1) is 11.8 Å². The summed E-state index contributed by atoms with van der Waals surface area (Å²) >= 11 is 0. The summed E-state index contributed by atoms with van der Waals surface area (Å²) in [4.78, 5) is 15.5. The van der Waals surface area contributed by atoms with Crippen LogP contribution in [0.2, 0.25) is 0 Å². The Bertz CT molecular complexity index is 1220. The highest BCUT2D eigenvalue weighted by Crippen LogP contribution is 2.23.